The number of amides is 1. The van der Waals surface area contributed by atoms with E-state index >= 15 is 0 Å². The second-order valence-electron chi connectivity index (χ2n) is 6.25. The van der Waals surface area contributed by atoms with Gasteiger partial charge < -0.3 is 10.1 Å². The maximum absolute atomic E-state index is 12.2. The Kier molecular flexibility index (Phi) is 6.33. The van der Waals surface area contributed by atoms with Gasteiger partial charge in [0.05, 0.1) is 28.0 Å². The molecule has 0 bridgehead atoms. The van der Waals surface area contributed by atoms with Gasteiger partial charge in [0.25, 0.3) is 17.3 Å². The van der Waals surface area contributed by atoms with Gasteiger partial charge >= 0.3 is 0 Å². The van der Waals surface area contributed by atoms with Crippen LogP contribution in [0.5, 0.6) is 5.75 Å². The fourth-order valence-corrected chi connectivity index (χ4v) is 2.75. The third kappa shape index (κ3) is 5.16. The van der Waals surface area contributed by atoms with Crippen LogP contribution in [0.2, 0.25) is 0 Å². The Morgan fingerprint density at radius 1 is 0.833 bits per heavy atom. The summed E-state index contributed by atoms with van der Waals surface area (Å²) in [4.78, 5) is 32.5. The van der Waals surface area contributed by atoms with E-state index in [1.807, 2.05) is 54.6 Å². The first-order valence-electron chi connectivity index (χ1n) is 8.94. The average Bonchev–Trinajstić information content (AvgIpc) is 2.77. The number of nitro benzene ring substituents is 2. The summed E-state index contributed by atoms with van der Waals surface area (Å²) in [6.07, 6.45) is 0. The Hall–Kier alpha value is -4.27. The number of nitro groups is 2. The Balaban J connectivity index is 1.55. The highest BCUT2D eigenvalue weighted by Gasteiger charge is 2.19. The van der Waals surface area contributed by atoms with Crippen LogP contribution in [0.15, 0.2) is 72.8 Å². The van der Waals surface area contributed by atoms with E-state index in [1.54, 1.807) is 0 Å². The van der Waals surface area contributed by atoms with Crippen LogP contribution >= 0.6 is 0 Å². The summed E-state index contributed by atoms with van der Waals surface area (Å²) >= 11 is 0. The third-order valence-corrected chi connectivity index (χ3v) is 4.20. The summed E-state index contributed by atoms with van der Waals surface area (Å²) in [5.41, 5.74) is 0.919. The molecule has 152 valence electrons. The highest BCUT2D eigenvalue weighted by atomic mass is 16.6. The van der Waals surface area contributed by atoms with Crippen molar-refractivity contribution >= 4 is 17.3 Å². The predicted octanol–water partition coefficient (Wildman–Crippen LogP) is 3.98. The highest BCUT2D eigenvalue weighted by Crippen LogP contribution is 2.23. The van der Waals surface area contributed by atoms with Crippen LogP contribution in [-0.2, 0) is 0 Å². The summed E-state index contributed by atoms with van der Waals surface area (Å²) in [5.74, 6) is -0.0419. The molecule has 0 fully saturated rings. The largest absolute Gasteiger partial charge is 0.492 e. The van der Waals surface area contributed by atoms with Crippen LogP contribution in [0.3, 0.4) is 0 Å². The number of ether oxygens (including phenoxy) is 1. The normalized spacial score (nSPS) is 10.3. The predicted molar refractivity (Wildman–Crippen MR) is 109 cm³/mol. The van der Waals surface area contributed by atoms with Crippen molar-refractivity contribution in [3.8, 4) is 16.9 Å². The zero-order valence-corrected chi connectivity index (χ0v) is 15.7. The number of nitrogens with zero attached hydrogens (tertiary/aromatic N) is 2. The molecule has 9 nitrogen and oxygen atoms in total. The van der Waals surface area contributed by atoms with Crippen molar-refractivity contribution in [2.45, 2.75) is 0 Å². The number of non-ortho nitro benzene ring substituents is 2. The minimum Gasteiger partial charge on any atom is -0.492 e. The van der Waals surface area contributed by atoms with Crippen molar-refractivity contribution in [1.29, 1.82) is 0 Å². The van der Waals surface area contributed by atoms with Crippen molar-refractivity contribution in [3.05, 3.63) is 98.6 Å². The van der Waals surface area contributed by atoms with Gasteiger partial charge in [-0.1, -0.05) is 42.5 Å². The van der Waals surface area contributed by atoms with Crippen molar-refractivity contribution in [3.63, 3.8) is 0 Å². The van der Waals surface area contributed by atoms with Crippen LogP contribution in [0, 0.1) is 20.2 Å². The molecular formula is C21H17N3O6. The molecule has 1 amide bonds. The molecule has 1 N–H and O–H groups in total. The van der Waals surface area contributed by atoms with Crippen molar-refractivity contribution in [2.75, 3.05) is 13.2 Å². The standard InChI is InChI=1S/C21H17N3O6/c25-21(17-12-18(23(26)27)14-19(13-17)24(28)29)22-10-11-30-20-8-6-16(7-9-20)15-4-2-1-3-5-15/h1-9,12-14H,10-11H2,(H,22,25). The minimum atomic E-state index is -0.786. The van der Waals surface area contributed by atoms with Gasteiger partial charge in [-0.3, -0.25) is 25.0 Å². The molecule has 3 aromatic rings. The molecule has 3 rings (SSSR count). The summed E-state index contributed by atoms with van der Waals surface area (Å²) < 4.78 is 5.58. The number of carbonyl (C=O) groups excluding carboxylic acids is 1. The number of carbonyl (C=O) groups is 1. The first-order chi connectivity index (χ1) is 14.4. The van der Waals surface area contributed by atoms with Gasteiger partial charge in [-0.05, 0) is 23.3 Å². The Bertz CT molecular complexity index is 1040. The molecular weight excluding hydrogens is 390 g/mol. The zero-order chi connectivity index (χ0) is 21.5. The van der Waals surface area contributed by atoms with E-state index < -0.39 is 27.1 Å². The summed E-state index contributed by atoms with van der Waals surface area (Å²) in [5, 5.41) is 24.4. The fraction of sp³-hybridized carbons (Fsp3) is 0.0952. The second kappa shape index (κ2) is 9.28. The molecule has 0 aliphatic heterocycles. The molecule has 0 radical (unpaired) electrons. The van der Waals surface area contributed by atoms with Gasteiger partial charge in [0.15, 0.2) is 0 Å². The monoisotopic (exact) mass is 407 g/mol. The van der Waals surface area contributed by atoms with Gasteiger partial charge in [-0.25, -0.2) is 0 Å². The molecule has 0 aliphatic carbocycles. The molecule has 0 heterocycles. The fourth-order valence-electron chi connectivity index (χ4n) is 2.75. The lowest BCUT2D eigenvalue weighted by atomic mass is 10.1. The van der Waals surface area contributed by atoms with Gasteiger partial charge in [-0.15, -0.1) is 0 Å². The molecule has 0 aliphatic rings. The molecule has 30 heavy (non-hydrogen) atoms. The minimum absolute atomic E-state index is 0.121. The molecule has 0 saturated heterocycles. The number of hydrogen-bond donors (Lipinski definition) is 1. The molecule has 9 heteroatoms. The van der Waals surface area contributed by atoms with E-state index in [4.69, 9.17) is 4.74 Å². The summed E-state index contributed by atoms with van der Waals surface area (Å²) in [7, 11) is 0. The molecule has 0 saturated carbocycles. The topological polar surface area (TPSA) is 125 Å². The lowest BCUT2D eigenvalue weighted by molar-refractivity contribution is -0.394. The van der Waals surface area contributed by atoms with Crippen LogP contribution in [0.4, 0.5) is 11.4 Å². The average molecular weight is 407 g/mol. The van der Waals surface area contributed by atoms with E-state index in [9.17, 15) is 25.0 Å². The molecule has 3 aromatic carbocycles. The lowest BCUT2D eigenvalue weighted by Gasteiger charge is -2.09. The molecule has 0 spiro atoms. The number of benzene rings is 3. The molecule has 0 atom stereocenters. The van der Waals surface area contributed by atoms with Crippen molar-refractivity contribution in [1.82, 2.24) is 5.32 Å². The van der Waals surface area contributed by atoms with E-state index in [1.165, 1.54) is 0 Å². The van der Waals surface area contributed by atoms with Crippen LogP contribution < -0.4 is 10.1 Å². The van der Waals surface area contributed by atoms with E-state index in [2.05, 4.69) is 5.32 Å². The summed E-state index contributed by atoms with van der Waals surface area (Å²) in [6, 6.07) is 20.1. The first-order valence-corrected chi connectivity index (χ1v) is 8.94. The second-order valence-corrected chi connectivity index (χ2v) is 6.25. The maximum atomic E-state index is 12.2. The van der Waals surface area contributed by atoms with E-state index in [0.717, 1.165) is 29.3 Å². The number of rotatable bonds is 8. The molecule has 0 aromatic heterocycles. The quantitative estimate of drug-likeness (QED) is 0.342. The third-order valence-electron chi connectivity index (χ3n) is 4.20. The van der Waals surface area contributed by atoms with Gasteiger partial charge in [-0.2, -0.15) is 0 Å². The van der Waals surface area contributed by atoms with Gasteiger partial charge in [0.1, 0.15) is 12.4 Å². The Labute approximate surface area is 171 Å². The smallest absolute Gasteiger partial charge is 0.277 e. The SMILES string of the molecule is O=C(NCCOc1ccc(-c2ccccc2)cc1)c1cc([N+](=O)[O-])cc([N+](=O)[O-])c1. The number of nitrogens with one attached hydrogen (secondary N) is 1. The van der Waals surface area contributed by atoms with Crippen LogP contribution in [0.25, 0.3) is 11.1 Å². The van der Waals surface area contributed by atoms with E-state index in [0.29, 0.717) is 5.75 Å². The molecule has 0 unspecified atom stereocenters. The Morgan fingerprint density at radius 2 is 1.40 bits per heavy atom. The zero-order valence-electron chi connectivity index (χ0n) is 15.7. The van der Waals surface area contributed by atoms with Crippen molar-refractivity contribution in [2.24, 2.45) is 0 Å². The van der Waals surface area contributed by atoms with E-state index in [-0.39, 0.29) is 18.7 Å². The van der Waals surface area contributed by atoms with Crippen molar-refractivity contribution < 1.29 is 19.4 Å². The van der Waals surface area contributed by atoms with Gasteiger partial charge in [0, 0.05) is 12.1 Å². The van der Waals surface area contributed by atoms with Crippen LogP contribution in [-0.4, -0.2) is 28.9 Å². The highest BCUT2D eigenvalue weighted by molar-refractivity contribution is 5.95. The van der Waals surface area contributed by atoms with Gasteiger partial charge in [0.2, 0.25) is 0 Å². The first kappa shape index (κ1) is 20.5. The maximum Gasteiger partial charge on any atom is 0.277 e. The summed E-state index contributed by atoms with van der Waals surface area (Å²) in [6.45, 7) is 0.281. The lowest BCUT2D eigenvalue weighted by Crippen LogP contribution is -2.28. The van der Waals surface area contributed by atoms with Crippen LogP contribution in [0.1, 0.15) is 10.4 Å². The number of hydrogen-bond acceptors (Lipinski definition) is 6. The Morgan fingerprint density at radius 3 is 1.97 bits per heavy atom.